The molecule has 0 fully saturated rings. The third-order valence-corrected chi connectivity index (χ3v) is 2.54. The number of benzene rings is 2. The fraction of sp³-hybridized carbons (Fsp3) is 0. The summed E-state index contributed by atoms with van der Waals surface area (Å²) >= 11 is 0. The van der Waals surface area contributed by atoms with E-state index in [-0.39, 0.29) is 11.3 Å². The molecular formula is C14H10FNO4. The summed E-state index contributed by atoms with van der Waals surface area (Å²) in [5.41, 5.74) is 5.11. The summed E-state index contributed by atoms with van der Waals surface area (Å²) < 4.78 is 18.4. The molecule has 0 unspecified atom stereocenters. The van der Waals surface area contributed by atoms with Gasteiger partial charge in [-0.1, -0.05) is 0 Å². The van der Waals surface area contributed by atoms with E-state index in [4.69, 9.17) is 15.6 Å². The fourth-order valence-corrected chi connectivity index (χ4v) is 1.57. The molecule has 0 spiro atoms. The highest BCUT2D eigenvalue weighted by atomic mass is 19.1. The highest BCUT2D eigenvalue weighted by Gasteiger charge is 2.13. The zero-order chi connectivity index (χ0) is 14.7. The number of carboxylic acid groups (broad SMARTS) is 1. The van der Waals surface area contributed by atoms with Crippen LogP contribution in [0.4, 0.5) is 4.39 Å². The zero-order valence-corrected chi connectivity index (χ0v) is 10.2. The topological polar surface area (TPSA) is 89.6 Å². The van der Waals surface area contributed by atoms with E-state index in [0.717, 1.165) is 12.1 Å². The van der Waals surface area contributed by atoms with Crippen LogP contribution >= 0.6 is 0 Å². The van der Waals surface area contributed by atoms with Gasteiger partial charge in [0.25, 0.3) is 0 Å². The Labute approximate surface area is 113 Å². The van der Waals surface area contributed by atoms with Crippen LogP contribution in [0.15, 0.2) is 42.5 Å². The van der Waals surface area contributed by atoms with Crippen LogP contribution < -0.4 is 10.5 Å². The van der Waals surface area contributed by atoms with Crippen LogP contribution in [0.2, 0.25) is 0 Å². The van der Waals surface area contributed by atoms with Gasteiger partial charge in [0.05, 0.1) is 0 Å². The van der Waals surface area contributed by atoms with E-state index in [1.807, 2.05) is 0 Å². The third kappa shape index (κ3) is 2.92. The van der Waals surface area contributed by atoms with E-state index in [0.29, 0.717) is 11.3 Å². The Balaban J connectivity index is 2.30. The highest BCUT2D eigenvalue weighted by molar-refractivity contribution is 5.93. The second-order valence-electron chi connectivity index (χ2n) is 3.94. The Morgan fingerprint density at radius 1 is 1.10 bits per heavy atom. The van der Waals surface area contributed by atoms with Crippen molar-refractivity contribution in [1.82, 2.24) is 0 Å². The number of ether oxygens (including phenoxy) is 1. The fourth-order valence-electron chi connectivity index (χ4n) is 1.57. The predicted octanol–water partition coefficient (Wildman–Crippen LogP) is 2.42. The molecule has 3 N–H and O–H groups in total. The molecule has 0 aliphatic carbocycles. The number of primary amides is 1. The van der Waals surface area contributed by atoms with Crippen molar-refractivity contribution in [2.75, 3.05) is 0 Å². The molecule has 6 heteroatoms. The summed E-state index contributed by atoms with van der Waals surface area (Å²) in [5.74, 6) is -2.23. The van der Waals surface area contributed by atoms with Crippen LogP contribution in [0.25, 0.3) is 0 Å². The Hall–Kier alpha value is -2.89. The van der Waals surface area contributed by atoms with Crippen molar-refractivity contribution in [3.8, 4) is 11.5 Å². The van der Waals surface area contributed by atoms with Crippen molar-refractivity contribution in [2.24, 2.45) is 5.73 Å². The molecule has 0 atom stereocenters. The number of carboxylic acids is 1. The van der Waals surface area contributed by atoms with Crippen LogP contribution in [-0.4, -0.2) is 17.0 Å². The van der Waals surface area contributed by atoms with Gasteiger partial charge in [0.15, 0.2) is 0 Å². The molecule has 2 rings (SSSR count). The van der Waals surface area contributed by atoms with E-state index in [1.54, 1.807) is 0 Å². The Morgan fingerprint density at radius 2 is 1.75 bits per heavy atom. The SMILES string of the molecule is NC(=O)c1ccc(Oc2ccc(F)cc2C(=O)O)cc1. The second kappa shape index (κ2) is 5.40. The van der Waals surface area contributed by atoms with E-state index in [9.17, 15) is 14.0 Å². The summed E-state index contributed by atoms with van der Waals surface area (Å²) in [6, 6.07) is 9.02. The lowest BCUT2D eigenvalue weighted by atomic mass is 10.2. The summed E-state index contributed by atoms with van der Waals surface area (Å²) in [6.45, 7) is 0. The summed E-state index contributed by atoms with van der Waals surface area (Å²) in [5, 5.41) is 8.98. The number of carbonyl (C=O) groups excluding carboxylic acids is 1. The maximum Gasteiger partial charge on any atom is 0.339 e. The van der Waals surface area contributed by atoms with E-state index >= 15 is 0 Å². The number of rotatable bonds is 4. The number of halogens is 1. The van der Waals surface area contributed by atoms with Gasteiger partial charge in [0.1, 0.15) is 22.9 Å². The maximum absolute atomic E-state index is 13.0. The average Bonchev–Trinajstić information content (AvgIpc) is 2.41. The number of hydrogen-bond donors (Lipinski definition) is 2. The molecule has 0 aliphatic heterocycles. The van der Waals surface area contributed by atoms with Gasteiger partial charge < -0.3 is 15.6 Å². The number of nitrogens with two attached hydrogens (primary N) is 1. The number of hydrogen-bond acceptors (Lipinski definition) is 3. The van der Waals surface area contributed by atoms with Gasteiger partial charge in [-0.05, 0) is 42.5 Å². The smallest absolute Gasteiger partial charge is 0.339 e. The van der Waals surface area contributed by atoms with E-state index in [1.165, 1.54) is 30.3 Å². The lowest BCUT2D eigenvalue weighted by molar-refractivity contribution is 0.0693. The van der Waals surface area contributed by atoms with Crippen molar-refractivity contribution in [3.05, 3.63) is 59.4 Å². The minimum atomic E-state index is -1.30. The first kappa shape index (κ1) is 13.5. The van der Waals surface area contributed by atoms with Crippen molar-refractivity contribution in [3.63, 3.8) is 0 Å². The van der Waals surface area contributed by atoms with Crippen molar-refractivity contribution in [1.29, 1.82) is 0 Å². The molecule has 0 aliphatic rings. The maximum atomic E-state index is 13.0. The number of carbonyl (C=O) groups is 2. The molecule has 0 saturated carbocycles. The Bertz CT molecular complexity index is 667. The van der Waals surface area contributed by atoms with Gasteiger partial charge in [-0.25, -0.2) is 9.18 Å². The molecule has 0 bridgehead atoms. The molecule has 5 nitrogen and oxygen atoms in total. The largest absolute Gasteiger partial charge is 0.478 e. The van der Waals surface area contributed by atoms with Gasteiger partial charge in [-0.2, -0.15) is 0 Å². The van der Waals surface area contributed by atoms with Crippen LogP contribution in [0.3, 0.4) is 0 Å². The standard InChI is InChI=1S/C14H10FNO4/c15-9-3-6-12(11(7-9)14(18)19)20-10-4-1-8(2-5-10)13(16)17/h1-7H,(H2,16,17)(H,18,19). The predicted molar refractivity (Wildman–Crippen MR) is 68.4 cm³/mol. The molecule has 2 aromatic rings. The molecule has 0 heterocycles. The average molecular weight is 275 g/mol. The molecule has 20 heavy (non-hydrogen) atoms. The minimum Gasteiger partial charge on any atom is -0.478 e. The van der Waals surface area contributed by atoms with Gasteiger partial charge in [0, 0.05) is 5.56 Å². The van der Waals surface area contributed by atoms with E-state index in [2.05, 4.69) is 0 Å². The molecule has 2 aromatic carbocycles. The Kier molecular flexibility index (Phi) is 3.65. The van der Waals surface area contributed by atoms with Gasteiger partial charge in [0.2, 0.25) is 5.91 Å². The van der Waals surface area contributed by atoms with Gasteiger partial charge >= 0.3 is 5.97 Å². The molecule has 0 radical (unpaired) electrons. The quantitative estimate of drug-likeness (QED) is 0.896. The lowest BCUT2D eigenvalue weighted by Crippen LogP contribution is -2.10. The number of aromatic carboxylic acids is 1. The van der Waals surface area contributed by atoms with Crippen LogP contribution in [-0.2, 0) is 0 Å². The first-order chi connectivity index (χ1) is 9.47. The monoisotopic (exact) mass is 275 g/mol. The van der Waals surface area contributed by atoms with Crippen molar-refractivity contribution >= 4 is 11.9 Å². The lowest BCUT2D eigenvalue weighted by Gasteiger charge is -2.09. The molecule has 1 amide bonds. The van der Waals surface area contributed by atoms with E-state index < -0.39 is 17.7 Å². The first-order valence-electron chi connectivity index (χ1n) is 5.58. The molecule has 102 valence electrons. The molecular weight excluding hydrogens is 265 g/mol. The van der Waals surface area contributed by atoms with Gasteiger partial charge in [-0.3, -0.25) is 4.79 Å². The molecule has 0 saturated heterocycles. The van der Waals surface area contributed by atoms with Crippen molar-refractivity contribution in [2.45, 2.75) is 0 Å². The second-order valence-corrected chi connectivity index (χ2v) is 3.94. The normalized spacial score (nSPS) is 10.1. The van der Waals surface area contributed by atoms with Crippen LogP contribution in [0.5, 0.6) is 11.5 Å². The van der Waals surface area contributed by atoms with Crippen LogP contribution in [0.1, 0.15) is 20.7 Å². The number of amides is 1. The molecule has 0 aromatic heterocycles. The summed E-state index contributed by atoms with van der Waals surface area (Å²) in [7, 11) is 0. The zero-order valence-electron chi connectivity index (χ0n) is 10.2. The first-order valence-corrected chi connectivity index (χ1v) is 5.58. The summed E-state index contributed by atoms with van der Waals surface area (Å²) in [6.07, 6.45) is 0. The van der Waals surface area contributed by atoms with Crippen molar-refractivity contribution < 1.29 is 23.8 Å². The highest BCUT2D eigenvalue weighted by Crippen LogP contribution is 2.26. The third-order valence-electron chi connectivity index (χ3n) is 2.54. The van der Waals surface area contributed by atoms with Gasteiger partial charge in [-0.15, -0.1) is 0 Å². The Morgan fingerprint density at radius 3 is 2.30 bits per heavy atom. The van der Waals surface area contributed by atoms with Crippen LogP contribution in [0, 0.1) is 5.82 Å². The summed E-state index contributed by atoms with van der Waals surface area (Å²) in [4.78, 5) is 21.9. The minimum absolute atomic E-state index is 0.00530.